The van der Waals surface area contributed by atoms with E-state index in [-0.39, 0.29) is 17.2 Å². The first-order chi connectivity index (χ1) is 12.1. The van der Waals surface area contributed by atoms with Crippen molar-refractivity contribution in [3.05, 3.63) is 64.7 Å². The molecule has 1 aliphatic rings. The third-order valence-electron chi connectivity index (χ3n) is 3.47. The van der Waals surface area contributed by atoms with Gasteiger partial charge < -0.3 is 4.74 Å². The first-order valence-electron chi connectivity index (χ1n) is 7.31. The molecule has 0 spiro atoms. The minimum Gasteiger partial charge on any atom is -0.477 e. The molecule has 6 nitrogen and oxygen atoms in total. The minimum atomic E-state index is -0.491. The fourth-order valence-electron chi connectivity index (χ4n) is 2.32. The van der Waals surface area contributed by atoms with Crippen molar-refractivity contribution >= 4 is 35.2 Å². The van der Waals surface area contributed by atoms with Crippen molar-refractivity contribution < 1.29 is 14.3 Å². The van der Waals surface area contributed by atoms with Crippen LogP contribution in [-0.4, -0.2) is 18.4 Å². The number of ether oxygens (including phenoxy) is 1. The molecular formula is C18H12ClN3O3. The highest BCUT2D eigenvalue weighted by molar-refractivity contribution is 6.33. The number of nitrogens with zero attached hydrogens (tertiary/aromatic N) is 2. The number of hydrogen-bond donors (Lipinski definition) is 1. The Morgan fingerprint density at radius 1 is 1.20 bits per heavy atom. The van der Waals surface area contributed by atoms with Gasteiger partial charge >= 0.3 is 0 Å². The molecule has 1 saturated heterocycles. The first-order valence-corrected chi connectivity index (χ1v) is 7.69. The summed E-state index contributed by atoms with van der Waals surface area (Å²) in [5.74, 6) is -0.578. The van der Waals surface area contributed by atoms with Gasteiger partial charge in [-0.15, -0.1) is 0 Å². The number of amides is 2. The van der Waals surface area contributed by atoms with Crippen LogP contribution < -0.4 is 15.2 Å². The predicted octanol–water partition coefficient (Wildman–Crippen LogP) is 2.70. The number of benzene rings is 2. The molecule has 0 bridgehead atoms. The Hall–Kier alpha value is -3.30. The minimum absolute atomic E-state index is 0.00520. The van der Waals surface area contributed by atoms with Crippen LogP contribution in [0.5, 0.6) is 5.75 Å². The largest absolute Gasteiger partial charge is 0.477 e. The standard InChI is InChI=1S/C18H12ClN3O3/c19-15-11-12(6-7-16(15)25-9-8-20)10-14-17(23)21-22(18(14)24)13-4-2-1-3-5-13/h1-7,10-11H,9H2,(H,21,23)/b14-10-. The van der Waals surface area contributed by atoms with E-state index in [2.05, 4.69) is 5.43 Å². The second-order valence-electron chi connectivity index (χ2n) is 5.11. The molecule has 7 heteroatoms. The Bertz CT molecular complexity index is 904. The maximum absolute atomic E-state index is 12.5. The Morgan fingerprint density at radius 2 is 1.96 bits per heavy atom. The summed E-state index contributed by atoms with van der Waals surface area (Å²) in [6, 6.07) is 15.5. The average molecular weight is 354 g/mol. The van der Waals surface area contributed by atoms with Crippen LogP contribution in [0.3, 0.4) is 0 Å². The molecule has 124 valence electrons. The summed E-state index contributed by atoms with van der Waals surface area (Å²) in [5, 5.41) is 10.0. The van der Waals surface area contributed by atoms with E-state index in [4.69, 9.17) is 21.6 Å². The van der Waals surface area contributed by atoms with E-state index < -0.39 is 11.8 Å². The normalized spacial score (nSPS) is 15.2. The number of para-hydroxylation sites is 1. The van der Waals surface area contributed by atoms with Crippen LogP contribution in [-0.2, 0) is 9.59 Å². The molecule has 25 heavy (non-hydrogen) atoms. The van der Waals surface area contributed by atoms with Gasteiger partial charge in [-0.2, -0.15) is 5.26 Å². The topological polar surface area (TPSA) is 82.4 Å². The van der Waals surface area contributed by atoms with Crippen molar-refractivity contribution in [2.45, 2.75) is 0 Å². The number of rotatable bonds is 4. The fourth-order valence-corrected chi connectivity index (χ4v) is 2.56. The lowest BCUT2D eigenvalue weighted by Crippen LogP contribution is -2.35. The zero-order chi connectivity index (χ0) is 17.8. The van der Waals surface area contributed by atoms with Crippen molar-refractivity contribution in [3.63, 3.8) is 0 Å². The Kier molecular flexibility index (Phi) is 4.68. The Morgan fingerprint density at radius 3 is 2.64 bits per heavy atom. The first kappa shape index (κ1) is 16.6. The SMILES string of the molecule is N#CCOc1ccc(/C=C2/C(=O)NN(c3ccccc3)C2=O)cc1Cl. The van der Waals surface area contributed by atoms with Crippen molar-refractivity contribution in [1.29, 1.82) is 5.26 Å². The Balaban J connectivity index is 1.86. The molecule has 2 amide bonds. The second-order valence-corrected chi connectivity index (χ2v) is 5.52. The van der Waals surface area contributed by atoms with E-state index in [1.54, 1.807) is 42.5 Å². The summed E-state index contributed by atoms with van der Waals surface area (Å²) in [5.41, 5.74) is 3.68. The zero-order valence-electron chi connectivity index (χ0n) is 12.9. The monoisotopic (exact) mass is 353 g/mol. The number of nitriles is 1. The van der Waals surface area contributed by atoms with Gasteiger partial charge in [-0.05, 0) is 35.9 Å². The summed E-state index contributed by atoms with van der Waals surface area (Å²) >= 11 is 6.09. The number of carbonyl (C=O) groups is 2. The predicted molar refractivity (Wildman–Crippen MR) is 92.6 cm³/mol. The molecule has 0 aliphatic carbocycles. The van der Waals surface area contributed by atoms with Gasteiger partial charge in [0.25, 0.3) is 11.8 Å². The maximum Gasteiger partial charge on any atom is 0.282 e. The number of nitrogens with one attached hydrogen (secondary N) is 1. The average Bonchev–Trinajstić information content (AvgIpc) is 2.90. The number of carbonyl (C=O) groups excluding carboxylic acids is 2. The van der Waals surface area contributed by atoms with Gasteiger partial charge in [0.15, 0.2) is 6.61 Å². The number of hydrazine groups is 1. The molecule has 0 radical (unpaired) electrons. The quantitative estimate of drug-likeness (QED) is 0.676. The highest BCUT2D eigenvalue weighted by atomic mass is 35.5. The summed E-state index contributed by atoms with van der Waals surface area (Å²) in [7, 11) is 0. The van der Waals surface area contributed by atoms with Gasteiger partial charge in [-0.1, -0.05) is 35.9 Å². The Labute approximate surface area is 148 Å². The van der Waals surface area contributed by atoms with Crippen LogP contribution in [0.2, 0.25) is 5.02 Å². The summed E-state index contributed by atoms with van der Waals surface area (Å²) in [6.07, 6.45) is 1.46. The molecule has 0 atom stereocenters. The van der Waals surface area contributed by atoms with Crippen LogP contribution in [0.4, 0.5) is 5.69 Å². The van der Waals surface area contributed by atoms with Gasteiger partial charge in [0.2, 0.25) is 0 Å². The molecule has 1 heterocycles. The van der Waals surface area contributed by atoms with E-state index in [1.165, 1.54) is 11.1 Å². The van der Waals surface area contributed by atoms with E-state index in [1.807, 2.05) is 12.1 Å². The molecule has 0 saturated carbocycles. The lowest BCUT2D eigenvalue weighted by atomic mass is 10.1. The second kappa shape index (κ2) is 7.07. The van der Waals surface area contributed by atoms with E-state index in [0.29, 0.717) is 17.0 Å². The molecule has 1 fully saturated rings. The van der Waals surface area contributed by atoms with E-state index >= 15 is 0 Å². The number of hydrogen-bond acceptors (Lipinski definition) is 4. The highest BCUT2D eigenvalue weighted by Gasteiger charge is 2.34. The van der Waals surface area contributed by atoms with Gasteiger partial charge in [0, 0.05) is 0 Å². The van der Waals surface area contributed by atoms with Crippen LogP contribution in [0.15, 0.2) is 54.1 Å². The summed E-state index contributed by atoms with van der Waals surface area (Å²) in [6.45, 7) is -0.118. The molecular weight excluding hydrogens is 342 g/mol. The lowest BCUT2D eigenvalue weighted by Gasteiger charge is -2.13. The van der Waals surface area contributed by atoms with E-state index in [9.17, 15) is 9.59 Å². The zero-order valence-corrected chi connectivity index (χ0v) is 13.7. The van der Waals surface area contributed by atoms with Crippen molar-refractivity contribution in [2.75, 3.05) is 11.6 Å². The van der Waals surface area contributed by atoms with E-state index in [0.717, 1.165) is 0 Å². The smallest absolute Gasteiger partial charge is 0.282 e. The molecule has 0 aromatic heterocycles. The van der Waals surface area contributed by atoms with Crippen molar-refractivity contribution in [2.24, 2.45) is 0 Å². The highest BCUT2D eigenvalue weighted by Crippen LogP contribution is 2.27. The van der Waals surface area contributed by atoms with Crippen LogP contribution >= 0.6 is 11.6 Å². The van der Waals surface area contributed by atoms with Crippen LogP contribution in [0, 0.1) is 11.3 Å². The summed E-state index contributed by atoms with van der Waals surface area (Å²) < 4.78 is 5.16. The molecule has 1 aliphatic heterocycles. The number of halogens is 1. The third-order valence-corrected chi connectivity index (χ3v) is 3.76. The maximum atomic E-state index is 12.5. The number of anilines is 1. The molecule has 2 aromatic rings. The van der Waals surface area contributed by atoms with Gasteiger partial charge in [0.1, 0.15) is 17.4 Å². The van der Waals surface area contributed by atoms with Crippen molar-refractivity contribution in [3.8, 4) is 11.8 Å². The van der Waals surface area contributed by atoms with Crippen LogP contribution in [0.1, 0.15) is 5.56 Å². The van der Waals surface area contributed by atoms with Crippen molar-refractivity contribution in [1.82, 2.24) is 5.43 Å². The molecule has 2 aromatic carbocycles. The lowest BCUT2D eigenvalue weighted by molar-refractivity contribution is -0.117. The summed E-state index contributed by atoms with van der Waals surface area (Å²) in [4.78, 5) is 24.6. The molecule has 1 N–H and O–H groups in total. The molecule has 3 rings (SSSR count). The van der Waals surface area contributed by atoms with Crippen LogP contribution in [0.25, 0.3) is 6.08 Å². The fraction of sp³-hybridized carbons (Fsp3) is 0.0556. The molecule has 0 unspecified atom stereocenters. The van der Waals surface area contributed by atoms with Gasteiger partial charge in [0.05, 0.1) is 10.7 Å². The van der Waals surface area contributed by atoms with Gasteiger partial charge in [-0.3, -0.25) is 15.0 Å². The third kappa shape index (κ3) is 3.47. The van der Waals surface area contributed by atoms with Gasteiger partial charge in [-0.25, -0.2) is 5.01 Å².